The summed E-state index contributed by atoms with van der Waals surface area (Å²) in [6.07, 6.45) is 3.66. The second kappa shape index (κ2) is 9.66. The molecule has 0 saturated heterocycles. The fourth-order valence-electron chi connectivity index (χ4n) is 3.08. The van der Waals surface area contributed by atoms with E-state index < -0.39 is 4.92 Å². The molecule has 31 heavy (non-hydrogen) atoms. The molecule has 1 heterocycles. The minimum Gasteiger partial charge on any atom is -0.329 e. The van der Waals surface area contributed by atoms with Gasteiger partial charge in [-0.2, -0.15) is 5.10 Å². The SMILES string of the molecule is CCCN(CC(=O)Nc1ccccc1C)C(=O)c1cnn(-c2ccc([N+](=O)[O-])cc2)c1. The van der Waals surface area contributed by atoms with E-state index >= 15 is 0 Å². The fraction of sp³-hybridized carbons (Fsp3) is 0.227. The zero-order chi connectivity index (χ0) is 22.4. The van der Waals surface area contributed by atoms with Crippen LogP contribution < -0.4 is 5.32 Å². The molecule has 0 aliphatic rings. The predicted octanol–water partition coefficient (Wildman–Crippen LogP) is 3.58. The number of non-ortho nitro benzene ring substituents is 1. The van der Waals surface area contributed by atoms with Crippen molar-refractivity contribution in [3.05, 3.63) is 82.2 Å². The number of nitro benzene ring substituents is 1. The van der Waals surface area contributed by atoms with E-state index in [0.29, 0.717) is 29.9 Å². The van der Waals surface area contributed by atoms with E-state index in [0.717, 1.165) is 5.56 Å². The van der Waals surface area contributed by atoms with E-state index in [9.17, 15) is 19.7 Å². The zero-order valence-electron chi connectivity index (χ0n) is 17.3. The van der Waals surface area contributed by atoms with Crippen LogP contribution in [0.4, 0.5) is 11.4 Å². The molecule has 0 fully saturated rings. The molecule has 2 amide bonds. The van der Waals surface area contributed by atoms with Crippen LogP contribution in [-0.2, 0) is 4.79 Å². The number of nitrogens with one attached hydrogen (secondary N) is 1. The number of aryl methyl sites for hydroxylation is 1. The molecular weight excluding hydrogens is 398 g/mol. The summed E-state index contributed by atoms with van der Waals surface area (Å²) >= 11 is 0. The van der Waals surface area contributed by atoms with E-state index in [-0.39, 0.29) is 24.0 Å². The van der Waals surface area contributed by atoms with Crippen LogP contribution in [0, 0.1) is 17.0 Å². The monoisotopic (exact) mass is 421 g/mol. The summed E-state index contributed by atoms with van der Waals surface area (Å²) in [6, 6.07) is 13.3. The maximum absolute atomic E-state index is 13.0. The van der Waals surface area contributed by atoms with Gasteiger partial charge in [0.25, 0.3) is 11.6 Å². The number of nitro groups is 1. The average molecular weight is 421 g/mol. The van der Waals surface area contributed by atoms with Crippen LogP contribution in [0.5, 0.6) is 0 Å². The molecule has 0 saturated carbocycles. The van der Waals surface area contributed by atoms with Crippen LogP contribution in [0.15, 0.2) is 60.9 Å². The van der Waals surface area contributed by atoms with Crippen molar-refractivity contribution in [2.75, 3.05) is 18.4 Å². The minimum atomic E-state index is -0.480. The lowest BCUT2D eigenvalue weighted by Crippen LogP contribution is -2.38. The Kier molecular flexibility index (Phi) is 6.76. The summed E-state index contributed by atoms with van der Waals surface area (Å²) in [4.78, 5) is 37.3. The molecule has 0 unspecified atom stereocenters. The Labute approximate surface area is 179 Å². The Hall–Kier alpha value is -4.01. The van der Waals surface area contributed by atoms with Crippen molar-refractivity contribution >= 4 is 23.2 Å². The summed E-state index contributed by atoms with van der Waals surface area (Å²) in [5, 5.41) is 17.8. The molecule has 3 aromatic rings. The Morgan fingerprint density at radius 1 is 1.16 bits per heavy atom. The summed E-state index contributed by atoms with van der Waals surface area (Å²) in [5.74, 6) is -0.589. The summed E-state index contributed by atoms with van der Waals surface area (Å²) in [6.45, 7) is 4.17. The number of para-hydroxylation sites is 1. The van der Waals surface area contributed by atoms with Gasteiger partial charge in [-0.3, -0.25) is 19.7 Å². The lowest BCUT2D eigenvalue weighted by atomic mass is 10.2. The fourth-order valence-corrected chi connectivity index (χ4v) is 3.08. The molecule has 2 aromatic carbocycles. The van der Waals surface area contributed by atoms with Crippen LogP contribution in [0.3, 0.4) is 0 Å². The molecule has 9 heteroatoms. The highest BCUT2D eigenvalue weighted by Gasteiger charge is 2.20. The van der Waals surface area contributed by atoms with Crippen molar-refractivity contribution in [3.63, 3.8) is 0 Å². The Bertz CT molecular complexity index is 1090. The molecule has 160 valence electrons. The quantitative estimate of drug-likeness (QED) is 0.441. The average Bonchev–Trinajstić information content (AvgIpc) is 3.25. The molecule has 0 spiro atoms. The van der Waals surface area contributed by atoms with Gasteiger partial charge in [-0.05, 0) is 37.1 Å². The van der Waals surface area contributed by atoms with Crippen LogP contribution in [0.1, 0.15) is 29.3 Å². The highest BCUT2D eigenvalue weighted by molar-refractivity contribution is 5.99. The van der Waals surface area contributed by atoms with Gasteiger partial charge >= 0.3 is 0 Å². The third kappa shape index (κ3) is 5.33. The number of carbonyl (C=O) groups excluding carboxylic acids is 2. The first-order valence-corrected chi connectivity index (χ1v) is 9.83. The topological polar surface area (TPSA) is 110 Å². The first-order valence-electron chi connectivity index (χ1n) is 9.83. The van der Waals surface area contributed by atoms with Gasteiger partial charge in [0.15, 0.2) is 0 Å². The van der Waals surface area contributed by atoms with E-state index in [1.54, 1.807) is 18.3 Å². The number of anilines is 1. The number of carbonyl (C=O) groups is 2. The second-order valence-electron chi connectivity index (χ2n) is 7.04. The Balaban J connectivity index is 1.72. The number of benzene rings is 2. The number of hydrogen-bond donors (Lipinski definition) is 1. The van der Waals surface area contributed by atoms with Gasteiger partial charge in [0.2, 0.25) is 5.91 Å². The normalized spacial score (nSPS) is 10.5. The maximum Gasteiger partial charge on any atom is 0.269 e. The van der Waals surface area contributed by atoms with Gasteiger partial charge in [-0.15, -0.1) is 0 Å². The van der Waals surface area contributed by atoms with Crippen LogP contribution in [0.2, 0.25) is 0 Å². The molecule has 1 N–H and O–H groups in total. The van der Waals surface area contributed by atoms with Gasteiger partial charge in [0.05, 0.1) is 22.4 Å². The van der Waals surface area contributed by atoms with E-state index in [1.807, 2.05) is 38.1 Å². The van der Waals surface area contributed by atoms with Crippen molar-refractivity contribution in [3.8, 4) is 5.69 Å². The first kappa shape index (κ1) is 21.7. The molecular formula is C22H23N5O4. The van der Waals surface area contributed by atoms with Crippen molar-refractivity contribution in [2.45, 2.75) is 20.3 Å². The van der Waals surface area contributed by atoms with Gasteiger partial charge in [0.1, 0.15) is 6.54 Å². The molecule has 0 aliphatic heterocycles. The lowest BCUT2D eigenvalue weighted by Gasteiger charge is -2.21. The van der Waals surface area contributed by atoms with Crippen molar-refractivity contribution < 1.29 is 14.5 Å². The Morgan fingerprint density at radius 3 is 2.52 bits per heavy atom. The molecule has 1 aromatic heterocycles. The summed E-state index contributed by atoms with van der Waals surface area (Å²) in [7, 11) is 0. The minimum absolute atomic E-state index is 0.0269. The third-order valence-corrected chi connectivity index (χ3v) is 4.69. The van der Waals surface area contributed by atoms with E-state index in [1.165, 1.54) is 27.9 Å². The van der Waals surface area contributed by atoms with E-state index in [2.05, 4.69) is 10.4 Å². The highest BCUT2D eigenvalue weighted by atomic mass is 16.6. The summed E-state index contributed by atoms with van der Waals surface area (Å²) < 4.78 is 1.47. The largest absolute Gasteiger partial charge is 0.329 e. The standard InChI is InChI=1S/C22H23N5O4/c1-3-12-25(15-21(28)24-20-7-5-4-6-16(20)2)22(29)17-13-23-26(14-17)18-8-10-19(11-9-18)27(30)31/h4-11,13-14H,3,12,15H2,1-2H3,(H,24,28). The molecule has 0 bridgehead atoms. The van der Waals surface area contributed by atoms with E-state index in [4.69, 9.17) is 0 Å². The molecule has 3 rings (SSSR count). The highest BCUT2D eigenvalue weighted by Crippen LogP contribution is 2.16. The molecule has 0 atom stereocenters. The Morgan fingerprint density at radius 2 is 1.87 bits per heavy atom. The van der Waals surface area contributed by atoms with Gasteiger partial charge in [-0.1, -0.05) is 25.1 Å². The van der Waals surface area contributed by atoms with Crippen molar-refractivity contribution in [1.82, 2.24) is 14.7 Å². The number of nitrogens with zero attached hydrogens (tertiary/aromatic N) is 4. The lowest BCUT2D eigenvalue weighted by molar-refractivity contribution is -0.384. The zero-order valence-corrected chi connectivity index (χ0v) is 17.3. The molecule has 0 aliphatic carbocycles. The maximum atomic E-state index is 13.0. The van der Waals surface area contributed by atoms with Crippen molar-refractivity contribution in [2.24, 2.45) is 0 Å². The number of hydrogen-bond acceptors (Lipinski definition) is 5. The molecule has 9 nitrogen and oxygen atoms in total. The summed E-state index contributed by atoms with van der Waals surface area (Å²) in [5.41, 5.74) is 2.54. The first-order chi connectivity index (χ1) is 14.9. The second-order valence-corrected chi connectivity index (χ2v) is 7.04. The van der Waals surface area contributed by atoms with Crippen LogP contribution >= 0.6 is 0 Å². The number of aromatic nitrogens is 2. The molecule has 0 radical (unpaired) electrons. The van der Waals surface area contributed by atoms with Crippen LogP contribution in [-0.4, -0.2) is 44.5 Å². The van der Waals surface area contributed by atoms with Gasteiger partial charge in [-0.25, -0.2) is 4.68 Å². The predicted molar refractivity (Wildman–Crippen MR) is 116 cm³/mol. The third-order valence-electron chi connectivity index (χ3n) is 4.69. The number of amides is 2. The van der Waals surface area contributed by atoms with Crippen LogP contribution in [0.25, 0.3) is 5.69 Å². The van der Waals surface area contributed by atoms with Gasteiger partial charge in [0, 0.05) is 30.6 Å². The van der Waals surface area contributed by atoms with Crippen molar-refractivity contribution in [1.29, 1.82) is 0 Å². The smallest absolute Gasteiger partial charge is 0.269 e. The number of rotatable bonds is 8. The van der Waals surface area contributed by atoms with Gasteiger partial charge < -0.3 is 10.2 Å².